The molecule has 0 radical (unpaired) electrons. The molecule has 3 aromatic rings. The van der Waals surface area contributed by atoms with Crippen LogP contribution in [0.3, 0.4) is 0 Å². The van der Waals surface area contributed by atoms with Crippen molar-refractivity contribution in [2.45, 2.75) is 32.6 Å². The van der Waals surface area contributed by atoms with E-state index in [1.807, 2.05) is 36.4 Å². The van der Waals surface area contributed by atoms with Crippen LogP contribution < -0.4 is 15.7 Å². The van der Waals surface area contributed by atoms with E-state index in [2.05, 4.69) is 27.4 Å². The summed E-state index contributed by atoms with van der Waals surface area (Å²) in [5.74, 6) is 0.377. The van der Waals surface area contributed by atoms with Crippen LogP contribution in [-0.2, 0) is 0 Å². The number of carbonyl (C=O) groups excluding carboxylic acids is 1. The number of aromatic amines is 1. The van der Waals surface area contributed by atoms with Crippen molar-refractivity contribution in [3.05, 3.63) is 76.6 Å². The first-order chi connectivity index (χ1) is 15.2. The molecule has 0 fully saturated rings. The van der Waals surface area contributed by atoms with Gasteiger partial charge in [0, 0.05) is 11.6 Å². The molecule has 0 amide bonds. The summed E-state index contributed by atoms with van der Waals surface area (Å²) in [7, 11) is 0. The number of hydrazone groups is 1. The molecule has 0 saturated heterocycles. The number of nitrogens with zero attached hydrogens (tertiary/aromatic N) is 2. The van der Waals surface area contributed by atoms with E-state index >= 15 is 0 Å². The second kappa shape index (κ2) is 11.4. The second-order valence-electron chi connectivity index (χ2n) is 6.98. The van der Waals surface area contributed by atoms with Crippen molar-refractivity contribution in [3.63, 3.8) is 0 Å². The Morgan fingerprint density at radius 1 is 1.10 bits per heavy atom. The first-order valence-electron chi connectivity index (χ1n) is 10.4. The number of para-hydroxylation sites is 1. The number of hydrogen-bond acceptors (Lipinski definition) is 6. The van der Waals surface area contributed by atoms with Gasteiger partial charge in [0.25, 0.3) is 5.56 Å². The highest BCUT2D eigenvalue weighted by Gasteiger charge is 2.10. The lowest BCUT2D eigenvalue weighted by atomic mass is 10.1. The average Bonchev–Trinajstić information content (AvgIpc) is 2.79. The van der Waals surface area contributed by atoms with E-state index in [0.29, 0.717) is 23.6 Å². The number of Topliss-reactive ketones (excluding diaryl/α,β-unsaturated/α-hetero) is 1. The molecule has 7 nitrogen and oxygen atoms in total. The first-order valence-corrected chi connectivity index (χ1v) is 10.4. The lowest BCUT2D eigenvalue weighted by Crippen LogP contribution is -2.11. The minimum absolute atomic E-state index is 0.149. The standard InChI is InChI=1S/C24H26N4O3/c1-2-3-4-10-15-31-22-14-9-8-13-19(22)21(29)17-25-28-24-26-20(16-23(30)27-24)18-11-6-5-7-12-18/h5-9,11-14,16-17H,2-4,10,15H2,1H3,(H2,26,27,28,30)/b25-17-. The molecule has 1 aromatic heterocycles. The van der Waals surface area contributed by atoms with Gasteiger partial charge in [-0.15, -0.1) is 0 Å². The zero-order valence-electron chi connectivity index (χ0n) is 17.5. The Labute approximate surface area is 181 Å². The molecule has 2 aromatic carbocycles. The number of ether oxygens (including phenoxy) is 1. The fraction of sp³-hybridized carbons (Fsp3) is 0.250. The van der Waals surface area contributed by atoms with Gasteiger partial charge in [0.2, 0.25) is 11.7 Å². The predicted molar refractivity (Wildman–Crippen MR) is 123 cm³/mol. The van der Waals surface area contributed by atoms with Crippen molar-refractivity contribution in [2.24, 2.45) is 5.10 Å². The number of unbranched alkanes of at least 4 members (excludes halogenated alkanes) is 3. The quantitative estimate of drug-likeness (QED) is 0.204. The molecule has 2 N–H and O–H groups in total. The van der Waals surface area contributed by atoms with Gasteiger partial charge in [-0.2, -0.15) is 5.10 Å². The number of carbonyl (C=O) groups is 1. The zero-order valence-corrected chi connectivity index (χ0v) is 17.5. The number of rotatable bonds is 11. The molecule has 0 unspecified atom stereocenters. The molecule has 31 heavy (non-hydrogen) atoms. The van der Waals surface area contributed by atoms with Gasteiger partial charge in [0.1, 0.15) is 5.75 Å². The van der Waals surface area contributed by atoms with E-state index in [9.17, 15) is 9.59 Å². The summed E-state index contributed by atoms with van der Waals surface area (Å²) in [6.07, 6.45) is 5.53. The number of aromatic nitrogens is 2. The summed E-state index contributed by atoms with van der Waals surface area (Å²) in [4.78, 5) is 31.4. The van der Waals surface area contributed by atoms with Crippen LogP contribution in [0.1, 0.15) is 43.0 Å². The minimum atomic E-state index is -0.320. The van der Waals surface area contributed by atoms with Crippen LogP contribution in [0.5, 0.6) is 5.75 Å². The third-order valence-corrected chi connectivity index (χ3v) is 4.57. The van der Waals surface area contributed by atoms with E-state index in [4.69, 9.17) is 4.74 Å². The van der Waals surface area contributed by atoms with Crippen LogP contribution in [0.4, 0.5) is 5.95 Å². The van der Waals surface area contributed by atoms with Crippen LogP contribution in [0, 0.1) is 0 Å². The summed E-state index contributed by atoms with van der Waals surface area (Å²) in [5, 5.41) is 3.94. The molecule has 1 heterocycles. The third kappa shape index (κ3) is 6.64. The highest BCUT2D eigenvalue weighted by atomic mass is 16.5. The monoisotopic (exact) mass is 418 g/mol. The Morgan fingerprint density at radius 3 is 2.68 bits per heavy atom. The van der Waals surface area contributed by atoms with Crippen molar-refractivity contribution in [3.8, 4) is 17.0 Å². The normalized spacial score (nSPS) is 10.9. The molecule has 0 atom stereocenters. The molecule has 0 saturated carbocycles. The lowest BCUT2D eigenvalue weighted by molar-refractivity contribution is 0.106. The summed E-state index contributed by atoms with van der Waals surface area (Å²) >= 11 is 0. The van der Waals surface area contributed by atoms with E-state index < -0.39 is 0 Å². The van der Waals surface area contributed by atoms with Crippen LogP contribution >= 0.6 is 0 Å². The molecule has 0 aliphatic heterocycles. The Hall–Kier alpha value is -3.74. The highest BCUT2D eigenvalue weighted by Crippen LogP contribution is 2.19. The summed E-state index contributed by atoms with van der Waals surface area (Å²) in [6, 6.07) is 17.8. The Bertz CT molecular complexity index is 1080. The van der Waals surface area contributed by atoms with Gasteiger partial charge in [-0.3, -0.25) is 14.6 Å². The molecular formula is C24H26N4O3. The molecule has 160 valence electrons. The topological polar surface area (TPSA) is 96.4 Å². The number of anilines is 1. The number of benzene rings is 2. The molecule has 0 spiro atoms. The Balaban J connectivity index is 1.65. The molecule has 0 aliphatic carbocycles. The van der Waals surface area contributed by atoms with Gasteiger partial charge in [0.15, 0.2) is 0 Å². The molecule has 0 bridgehead atoms. The fourth-order valence-corrected chi connectivity index (χ4v) is 3.00. The van der Waals surface area contributed by atoms with Crippen LogP contribution in [0.25, 0.3) is 11.3 Å². The van der Waals surface area contributed by atoms with Crippen LogP contribution in [0.2, 0.25) is 0 Å². The average molecular weight is 418 g/mol. The molecular weight excluding hydrogens is 392 g/mol. The number of ketones is 1. The van der Waals surface area contributed by atoms with Gasteiger partial charge < -0.3 is 4.74 Å². The maximum atomic E-state index is 12.6. The van der Waals surface area contributed by atoms with Crippen LogP contribution in [-0.4, -0.2) is 28.6 Å². The molecule has 7 heteroatoms. The van der Waals surface area contributed by atoms with Crippen molar-refractivity contribution in [2.75, 3.05) is 12.0 Å². The maximum absolute atomic E-state index is 12.6. The van der Waals surface area contributed by atoms with E-state index in [-0.39, 0.29) is 17.3 Å². The van der Waals surface area contributed by atoms with Gasteiger partial charge in [-0.05, 0) is 18.6 Å². The Morgan fingerprint density at radius 2 is 1.87 bits per heavy atom. The van der Waals surface area contributed by atoms with Gasteiger partial charge >= 0.3 is 0 Å². The van der Waals surface area contributed by atoms with Gasteiger partial charge in [-0.1, -0.05) is 68.7 Å². The Kier molecular flexibility index (Phi) is 8.11. The van der Waals surface area contributed by atoms with E-state index in [0.717, 1.165) is 31.0 Å². The fourth-order valence-electron chi connectivity index (χ4n) is 3.00. The molecule has 0 aliphatic rings. The predicted octanol–water partition coefficient (Wildman–Crippen LogP) is 4.68. The zero-order chi connectivity index (χ0) is 21.9. The SMILES string of the molecule is CCCCCCOc1ccccc1C(=O)/C=N\Nc1nc(-c2ccccc2)cc(=O)[nH]1. The van der Waals surface area contributed by atoms with Crippen molar-refractivity contribution in [1.29, 1.82) is 0 Å². The van der Waals surface area contributed by atoms with E-state index in [1.165, 1.54) is 12.5 Å². The summed E-state index contributed by atoms with van der Waals surface area (Å²) in [5.41, 5.74) is 4.05. The number of H-pyrrole nitrogens is 1. The maximum Gasteiger partial charge on any atom is 0.252 e. The van der Waals surface area contributed by atoms with Crippen LogP contribution in [0.15, 0.2) is 70.6 Å². The number of nitrogens with one attached hydrogen (secondary N) is 2. The third-order valence-electron chi connectivity index (χ3n) is 4.57. The lowest BCUT2D eigenvalue weighted by Gasteiger charge is -2.09. The second-order valence-corrected chi connectivity index (χ2v) is 6.98. The summed E-state index contributed by atoms with van der Waals surface area (Å²) < 4.78 is 5.79. The van der Waals surface area contributed by atoms with Gasteiger partial charge in [-0.25, -0.2) is 10.4 Å². The smallest absolute Gasteiger partial charge is 0.252 e. The first kappa shape index (κ1) is 22.0. The van der Waals surface area contributed by atoms with Crippen molar-refractivity contribution < 1.29 is 9.53 Å². The van der Waals surface area contributed by atoms with E-state index in [1.54, 1.807) is 18.2 Å². The highest BCUT2D eigenvalue weighted by molar-refractivity contribution is 6.36. The number of hydrogen-bond donors (Lipinski definition) is 2. The molecule has 3 rings (SSSR count). The van der Waals surface area contributed by atoms with Gasteiger partial charge in [0.05, 0.1) is 24.1 Å². The minimum Gasteiger partial charge on any atom is -0.493 e. The van der Waals surface area contributed by atoms with Crippen molar-refractivity contribution in [1.82, 2.24) is 9.97 Å². The van der Waals surface area contributed by atoms with Crippen molar-refractivity contribution >= 4 is 17.9 Å². The largest absolute Gasteiger partial charge is 0.493 e. The summed E-state index contributed by atoms with van der Waals surface area (Å²) in [6.45, 7) is 2.72.